The van der Waals surface area contributed by atoms with E-state index in [2.05, 4.69) is 21.0 Å². The van der Waals surface area contributed by atoms with E-state index in [4.69, 9.17) is 5.84 Å². The number of nitro groups is 1. The highest BCUT2D eigenvalue weighted by molar-refractivity contribution is 9.10. The Morgan fingerprint density at radius 3 is 2.19 bits per heavy atom. The summed E-state index contributed by atoms with van der Waals surface area (Å²) in [5.41, 5.74) is -0.129. The molecule has 0 unspecified atom stereocenters. The van der Waals surface area contributed by atoms with Gasteiger partial charge in [-0.2, -0.15) is 5.10 Å². The smallest absolute Gasteiger partial charge is 0.271 e. The van der Waals surface area contributed by atoms with E-state index in [-0.39, 0.29) is 27.9 Å². The molecule has 1 heterocycles. The number of rotatable bonds is 7. The van der Waals surface area contributed by atoms with Gasteiger partial charge in [-0.15, -0.1) is 0 Å². The number of fused-ring (bicyclic) bond motifs is 1. The number of halogens is 1. The number of hydrogen-bond donors (Lipinski definition) is 1. The van der Waals surface area contributed by atoms with Crippen molar-refractivity contribution in [3.05, 3.63) is 104 Å². The van der Waals surface area contributed by atoms with Crippen molar-refractivity contribution in [3.8, 4) is 0 Å². The van der Waals surface area contributed by atoms with Crippen LogP contribution < -0.4 is 10.7 Å². The maximum Gasteiger partial charge on any atom is 0.271 e. The molecule has 1 aliphatic heterocycles. The van der Waals surface area contributed by atoms with Gasteiger partial charge in [0.25, 0.3) is 23.4 Å². The number of carbonyl (C=O) groups excluding carboxylic acids is 4. The monoisotopic (exact) mass is 549 g/mol. The van der Waals surface area contributed by atoms with E-state index < -0.39 is 40.7 Å². The average Bonchev–Trinajstić information content (AvgIpc) is 3.11. The third-order valence-corrected chi connectivity index (χ3v) is 6.13. The molecule has 11 nitrogen and oxygen atoms in total. The van der Waals surface area contributed by atoms with Gasteiger partial charge in [0.05, 0.1) is 21.7 Å². The predicted octanol–water partition coefficient (Wildman–Crippen LogP) is 3.12. The van der Waals surface area contributed by atoms with E-state index >= 15 is 0 Å². The molecule has 180 valence electrons. The quantitative estimate of drug-likeness (QED) is 0.0901. The molecule has 36 heavy (non-hydrogen) atoms. The van der Waals surface area contributed by atoms with Gasteiger partial charge in [-0.05, 0) is 30.3 Å². The zero-order chi connectivity index (χ0) is 26.0. The van der Waals surface area contributed by atoms with E-state index in [1.807, 2.05) is 0 Å². The summed E-state index contributed by atoms with van der Waals surface area (Å²) >= 11 is 3.30. The number of imide groups is 1. The molecule has 3 aromatic carbocycles. The Hall–Kier alpha value is -4.71. The number of non-ortho nitro benzene ring substituents is 1. The molecule has 0 aliphatic carbocycles. The van der Waals surface area contributed by atoms with E-state index in [1.54, 1.807) is 36.4 Å². The van der Waals surface area contributed by atoms with Crippen LogP contribution in [0.25, 0.3) is 0 Å². The van der Waals surface area contributed by atoms with Crippen LogP contribution in [-0.4, -0.2) is 46.2 Å². The summed E-state index contributed by atoms with van der Waals surface area (Å²) in [6.45, 7) is -0.719. The summed E-state index contributed by atoms with van der Waals surface area (Å²) < 4.78 is 0.468. The molecule has 4 rings (SSSR count). The molecule has 0 bridgehead atoms. The van der Waals surface area contributed by atoms with Crippen LogP contribution in [0.4, 0.5) is 11.4 Å². The van der Waals surface area contributed by atoms with Crippen molar-refractivity contribution in [3.63, 3.8) is 0 Å². The fourth-order valence-electron chi connectivity index (χ4n) is 3.74. The summed E-state index contributed by atoms with van der Waals surface area (Å²) in [5, 5.41) is 14.8. The second kappa shape index (κ2) is 9.88. The lowest BCUT2D eigenvalue weighted by Crippen LogP contribution is -2.43. The average molecular weight is 550 g/mol. The van der Waals surface area contributed by atoms with Gasteiger partial charge in [-0.1, -0.05) is 40.2 Å². The van der Waals surface area contributed by atoms with Crippen LogP contribution >= 0.6 is 15.9 Å². The molecule has 0 saturated heterocycles. The maximum absolute atomic E-state index is 13.4. The Morgan fingerprint density at radius 1 is 1.00 bits per heavy atom. The highest BCUT2D eigenvalue weighted by Crippen LogP contribution is 2.30. The lowest BCUT2D eigenvalue weighted by Gasteiger charge is -2.22. The Bertz CT molecular complexity index is 1440. The normalized spacial score (nSPS) is 12.6. The molecule has 1 aliphatic rings. The van der Waals surface area contributed by atoms with Crippen molar-refractivity contribution in [1.82, 2.24) is 4.90 Å². The first-order chi connectivity index (χ1) is 17.2. The minimum absolute atomic E-state index is 0.0666. The maximum atomic E-state index is 13.4. The predicted molar refractivity (Wildman–Crippen MR) is 133 cm³/mol. The molecular formula is C24H16BrN5O6. The van der Waals surface area contributed by atoms with Crippen LogP contribution in [0, 0.1) is 10.1 Å². The fourth-order valence-corrected chi connectivity index (χ4v) is 4.20. The van der Waals surface area contributed by atoms with Gasteiger partial charge in [0, 0.05) is 27.7 Å². The van der Waals surface area contributed by atoms with E-state index in [0.717, 1.165) is 28.3 Å². The molecule has 0 fully saturated rings. The second-order valence-corrected chi connectivity index (χ2v) is 8.39. The molecule has 3 amide bonds. The summed E-state index contributed by atoms with van der Waals surface area (Å²) in [7, 11) is 0. The van der Waals surface area contributed by atoms with Crippen molar-refractivity contribution in [2.45, 2.75) is 0 Å². The third kappa shape index (κ3) is 4.36. The van der Waals surface area contributed by atoms with E-state index in [0.29, 0.717) is 4.47 Å². The highest BCUT2D eigenvalue weighted by Gasteiger charge is 2.37. The summed E-state index contributed by atoms with van der Waals surface area (Å²) in [4.78, 5) is 64.5. The fraction of sp³-hybridized carbons (Fsp3) is 0.0417. The molecule has 12 heteroatoms. The van der Waals surface area contributed by atoms with Crippen molar-refractivity contribution in [1.29, 1.82) is 0 Å². The van der Waals surface area contributed by atoms with Gasteiger partial charge >= 0.3 is 0 Å². The number of hydrazone groups is 1. The Balaban J connectivity index is 1.76. The van der Waals surface area contributed by atoms with Crippen LogP contribution in [0.2, 0.25) is 0 Å². The number of benzene rings is 3. The van der Waals surface area contributed by atoms with Gasteiger partial charge in [0.15, 0.2) is 5.78 Å². The molecular weight excluding hydrogens is 534 g/mol. The third-order valence-electron chi connectivity index (χ3n) is 5.44. The number of nitrogens with zero attached hydrogens (tertiary/aromatic N) is 4. The number of nitro benzene ring substituents is 1. The van der Waals surface area contributed by atoms with Crippen LogP contribution in [0.15, 0.2) is 76.3 Å². The number of hydrogen-bond acceptors (Lipinski definition) is 8. The molecule has 0 aromatic heterocycles. The Kier molecular flexibility index (Phi) is 6.70. The Morgan fingerprint density at radius 2 is 1.61 bits per heavy atom. The molecule has 0 atom stereocenters. The molecule has 0 spiro atoms. The zero-order valence-electron chi connectivity index (χ0n) is 18.3. The van der Waals surface area contributed by atoms with Crippen molar-refractivity contribution < 1.29 is 24.1 Å². The van der Waals surface area contributed by atoms with Gasteiger partial charge < -0.3 is 5.84 Å². The SMILES string of the molecule is NN=CN(C(=O)CN1C(=O)c2ccccc2C1=O)c1cc([N+](=O)[O-])ccc1C(=O)c1ccccc1Br. The summed E-state index contributed by atoms with van der Waals surface area (Å²) in [5.74, 6) is 2.54. The van der Waals surface area contributed by atoms with Crippen LogP contribution in [-0.2, 0) is 4.79 Å². The second-order valence-electron chi connectivity index (χ2n) is 7.54. The van der Waals surface area contributed by atoms with Crippen molar-refractivity contribution in [2.75, 3.05) is 11.4 Å². The van der Waals surface area contributed by atoms with Crippen LogP contribution in [0.1, 0.15) is 36.6 Å². The number of carbonyl (C=O) groups is 4. The highest BCUT2D eigenvalue weighted by atomic mass is 79.9. The summed E-state index contributed by atoms with van der Waals surface area (Å²) in [6.07, 6.45) is 0.858. The molecule has 2 N–H and O–H groups in total. The first-order valence-corrected chi connectivity index (χ1v) is 11.1. The minimum Gasteiger partial charge on any atom is -0.322 e. The molecule has 0 saturated carbocycles. The standard InChI is InChI=1S/C24H16BrN5O6/c25-19-8-4-3-7-17(19)22(32)18-10-9-14(30(35)36)11-20(18)29(13-27-26)21(31)12-28-23(33)15-5-1-2-6-16(15)24(28)34/h1-11,13H,12,26H2. The van der Waals surface area contributed by atoms with Crippen LogP contribution in [0.3, 0.4) is 0 Å². The van der Waals surface area contributed by atoms with Crippen molar-refractivity contribution >= 4 is 57.1 Å². The number of anilines is 1. The van der Waals surface area contributed by atoms with Crippen LogP contribution in [0.5, 0.6) is 0 Å². The Labute approximate surface area is 212 Å². The van der Waals surface area contributed by atoms with E-state index in [1.165, 1.54) is 18.2 Å². The minimum atomic E-state index is -0.875. The first-order valence-electron chi connectivity index (χ1n) is 10.3. The first kappa shape index (κ1) is 24.4. The van der Waals surface area contributed by atoms with E-state index in [9.17, 15) is 29.3 Å². The zero-order valence-corrected chi connectivity index (χ0v) is 19.9. The molecule has 0 radical (unpaired) electrons. The van der Waals surface area contributed by atoms with Gasteiger partial charge in [0.1, 0.15) is 12.9 Å². The lowest BCUT2D eigenvalue weighted by atomic mass is 10.0. The summed E-state index contributed by atoms with van der Waals surface area (Å²) in [6, 6.07) is 16.0. The largest absolute Gasteiger partial charge is 0.322 e. The number of ketones is 1. The van der Waals surface area contributed by atoms with Crippen molar-refractivity contribution in [2.24, 2.45) is 10.9 Å². The molecule has 3 aromatic rings. The number of nitrogens with two attached hydrogens (primary N) is 1. The van der Waals surface area contributed by atoms with Gasteiger partial charge in [-0.3, -0.25) is 39.1 Å². The van der Waals surface area contributed by atoms with Gasteiger partial charge in [0.2, 0.25) is 0 Å². The topological polar surface area (TPSA) is 156 Å². The lowest BCUT2D eigenvalue weighted by molar-refractivity contribution is -0.384. The number of amides is 3. The van der Waals surface area contributed by atoms with Gasteiger partial charge in [-0.25, -0.2) is 0 Å².